The van der Waals surface area contributed by atoms with Gasteiger partial charge in [-0.25, -0.2) is 9.38 Å². The number of anilines is 1. The quantitative estimate of drug-likeness (QED) is 0.623. The normalized spacial score (nSPS) is 13.4. The zero-order chi connectivity index (χ0) is 17.1. The standard InChI is InChI=1S/C17H22FN5/c1-5-15(13-7-8-16(19-3)14(18)11-13)23-17(20-4)12-22-10-9-21-6-2/h5-12,19H,1-4H3,(H,20,23)/b10-9-,15-5-,21-6+,22-12+. The SMILES string of the molecule is C\C=C(/N=C(\C=N\C=C/N=C/C)NC)c1ccc(NC)c(F)c1. The van der Waals surface area contributed by atoms with Crippen LogP contribution in [-0.2, 0) is 0 Å². The zero-order valence-electron chi connectivity index (χ0n) is 13.8. The molecular formula is C17H22FN5. The molecule has 0 spiro atoms. The molecule has 2 N–H and O–H groups in total. The summed E-state index contributed by atoms with van der Waals surface area (Å²) in [6.07, 6.45) is 8.19. The van der Waals surface area contributed by atoms with Gasteiger partial charge in [0, 0.05) is 38.3 Å². The summed E-state index contributed by atoms with van der Waals surface area (Å²) < 4.78 is 13.9. The van der Waals surface area contributed by atoms with E-state index >= 15 is 0 Å². The highest BCUT2D eigenvalue weighted by atomic mass is 19.1. The number of hydrogen-bond donors (Lipinski definition) is 2. The first-order valence-electron chi connectivity index (χ1n) is 7.22. The summed E-state index contributed by atoms with van der Waals surface area (Å²) in [5, 5.41) is 5.74. The number of aliphatic imine (C=N–C) groups is 3. The summed E-state index contributed by atoms with van der Waals surface area (Å²) in [4.78, 5) is 12.4. The Kier molecular flexibility index (Phi) is 7.99. The first-order valence-corrected chi connectivity index (χ1v) is 7.22. The van der Waals surface area contributed by atoms with Crippen molar-refractivity contribution in [2.45, 2.75) is 13.8 Å². The second kappa shape index (κ2) is 10.0. The van der Waals surface area contributed by atoms with Gasteiger partial charge in [0.25, 0.3) is 0 Å². The molecule has 0 amide bonds. The van der Waals surface area contributed by atoms with Crippen molar-refractivity contribution < 1.29 is 4.39 Å². The third-order valence-corrected chi connectivity index (χ3v) is 2.89. The van der Waals surface area contributed by atoms with Crippen molar-refractivity contribution in [2.75, 3.05) is 19.4 Å². The monoisotopic (exact) mass is 315 g/mol. The molecule has 0 atom stereocenters. The average Bonchev–Trinajstić information content (AvgIpc) is 2.57. The second-order valence-electron chi connectivity index (χ2n) is 4.35. The molecular weight excluding hydrogens is 293 g/mol. The summed E-state index contributed by atoms with van der Waals surface area (Å²) in [5.41, 5.74) is 1.79. The number of nitrogens with zero attached hydrogens (tertiary/aromatic N) is 3. The lowest BCUT2D eigenvalue weighted by molar-refractivity contribution is 0.631. The Hall–Kier alpha value is -2.76. The van der Waals surface area contributed by atoms with Crippen LogP contribution in [0.5, 0.6) is 0 Å². The molecule has 0 aliphatic rings. The van der Waals surface area contributed by atoms with Crippen LogP contribution >= 0.6 is 0 Å². The highest BCUT2D eigenvalue weighted by Crippen LogP contribution is 2.21. The van der Waals surface area contributed by atoms with Gasteiger partial charge >= 0.3 is 0 Å². The predicted molar refractivity (Wildman–Crippen MR) is 97.9 cm³/mol. The summed E-state index contributed by atoms with van der Waals surface area (Å²) in [6, 6.07) is 4.95. The molecule has 0 saturated carbocycles. The van der Waals surface area contributed by atoms with Crippen LogP contribution in [0.15, 0.2) is 51.7 Å². The third-order valence-electron chi connectivity index (χ3n) is 2.89. The van der Waals surface area contributed by atoms with Crippen molar-refractivity contribution in [2.24, 2.45) is 15.0 Å². The molecule has 122 valence electrons. The van der Waals surface area contributed by atoms with E-state index in [1.807, 2.05) is 26.0 Å². The van der Waals surface area contributed by atoms with Crippen LogP contribution in [0.2, 0.25) is 0 Å². The molecule has 0 aliphatic carbocycles. The van der Waals surface area contributed by atoms with E-state index in [4.69, 9.17) is 0 Å². The Labute approximate surface area is 136 Å². The molecule has 0 unspecified atom stereocenters. The Morgan fingerprint density at radius 2 is 1.87 bits per heavy atom. The fourth-order valence-electron chi connectivity index (χ4n) is 1.73. The van der Waals surface area contributed by atoms with Crippen LogP contribution in [0.1, 0.15) is 19.4 Å². The van der Waals surface area contributed by atoms with Gasteiger partial charge in [0.05, 0.1) is 17.6 Å². The first kappa shape index (κ1) is 18.3. The summed E-state index contributed by atoms with van der Waals surface area (Å²) in [5.74, 6) is 0.237. The average molecular weight is 315 g/mol. The molecule has 23 heavy (non-hydrogen) atoms. The molecule has 0 fully saturated rings. The van der Waals surface area contributed by atoms with E-state index < -0.39 is 0 Å². The molecule has 0 aromatic heterocycles. The van der Waals surface area contributed by atoms with Crippen LogP contribution in [0.4, 0.5) is 10.1 Å². The number of halogens is 1. The van der Waals surface area contributed by atoms with Crippen molar-refractivity contribution in [1.29, 1.82) is 0 Å². The van der Waals surface area contributed by atoms with E-state index in [9.17, 15) is 4.39 Å². The molecule has 1 aromatic carbocycles. The number of amidine groups is 1. The summed E-state index contributed by atoms with van der Waals surface area (Å²) in [6.45, 7) is 3.67. The van der Waals surface area contributed by atoms with E-state index in [1.165, 1.54) is 6.07 Å². The Morgan fingerprint density at radius 1 is 1.13 bits per heavy atom. The number of hydrogen-bond acceptors (Lipinski definition) is 4. The van der Waals surface area contributed by atoms with Gasteiger partial charge in [-0.05, 0) is 26.0 Å². The summed E-state index contributed by atoms with van der Waals surface area (Å²) in [7, 11) is 3.43. The Morgan fingerprint density at radius 3 is 2.43 bits per heavy atom. The van der Waals surface area contributed by atoms with Crippen LogP contribution in [0, 0.1) is 5.82 Å². The minimum Gasteiger partial charge on any atom is -0.386 e. The molecule has 0 heterocycles. The van der Waals surface area contributed by atoms with Crippen molar-refractivity contribution in [3.63, 3.8) is 0 Å². The number of allylic oxidation sites excluding steroid dienone is 1. The summed E-state index contributed by atoms with van der Waals surface area (Å²) >= 11 is 0. The lowest BCUT2D eigenvalue weighted by atomic mass is 10.1. The van der Waals surface area contributed by atoms with E-state index in [-0.39, 0.29) is 5.82 Å². The fraction of sp³-hybridized carbons (Fsp3) is 0.235. The number of benzene rings is 1. The molecule has 6 heteroatoms. The van der Waals surface area contributed by atoms with Crippen LogP contribution in [0.3, 0.4) is 0 Å². The fourth-order valence-corrected chi connectivity index (χ4v) is 1.73. The lowest BCUT2D eigenvalue weighted by Gasteiger charge is -2.07. The molecule has 1 aromatic rings. The van der Waals surface area contributed by atoms with Gasteiger partial charge in [-0.3, -0.25) is 9.98 Å². The molecule has 5 nitrogen and oxygen atoms in total. The maximum absolute atomic E-state index is 13.9. The van der Waals surface area contributed by atoms with E-state index in [0.29, 0.717) is 22.8 Å². The van der Waals surface area contributed by atoms with Crippen molar-refractivity contribution >= 4 is 29.6 Å². The van der Waals surface area contributed by atoms with Crippen molar-refractivity contribution in [1.82, 2.24) is 5.32 Å². The van der Waals surface area contributed by atoms with Gasteiger partial charge in [-0.2, -0.15) is 0 Å². The topological polar surface area (TPSA) is 61.1 Å². The lowest BCUT2D eigenvalue weighted by Crippen LogP contribution is -2.19. The largest absolute Gasteiger partial charge is 0.386 e. The van der Waals surface area contributed by atoms with Gasteiger partial charge in [-0.15, -0.1) is 0 Å². The third kappa shape index (κ3) is 5.86. The molecule has 0 bridgehead atoms. The van der Waals surface area contributed by atoms with E-state index in [2.05, 4.69) is 25.6 Å². The van der Waals surface area contributed by atoms with Gasteiger partial charge in [0.2, 0.25) is 0 Å². The van der Waals surface area contributed by atoms with E-state index in [1.54, 1.807) is 45.0 Å². The van der Waals surface area contributed by atoms with Gasteiger partial charge in [-0.1, -0.05) is 12.1 Å². The van der Waals surface area contributed by atoms with Crippen molar-refractivity contribution in [3.05, 3.63) is 48.1 Å². The maximum atomic E-state index is 13.9. The highest BCUT2D eigenvalue weighted by Gasteiger charge is 2.05. The smallest absolute Gasteiger partial charge is 0.146 e. The van der Waals surface area contributed by atoms with Crippen LogP contribution in [-0.4, -0.2) is 32.4 Å². The molecule has 0 aliphatic heterocycles. The minimum absolute atomic E-state index is 0.320. The molecule has 0 saturated heterocycles. The Balaban J connectivity index is 3.01. The molecule has 0 radical (unpaired) electrons. The predicted octanol–water partition coefficient (Wildman–Crippen LogP) is 3.48. The minimum atomic E-state index is -0.320. The zero-order valence-corrected chi connectivity index (χ0v) is 13.8. The number of rotatable bonds is 6. The van der Waals surface area contributed by atoms with Gasteiger partial charge < -0.3 is 10.6 Å². The maximum Gasteiger partial charge on any atom is 0.146 e. The number of nitrogens with one attached hydrogen (secondary N) is 2. The van der Waals surface area contributed by atoms with Crippen LogP contribution < -0.4 is 10.6 Å². The molecule has 1 rings (SSSR count). The highest BCUT2D eigenvalue weighted by molar-refractivity contribution is 6.30. The van der Waals surface area contributed by atoms with Crippen LogP contribution in [0.25, 0.3) is 5.70 Å². The first-order chi connectivity index (χ1) is 11.2. The van der Waals surface area contributed by atoms with Crippen molar-refractivity contribution in [3.8, 4) is 0 Å². The second-order valence-corrected chi connectivity index (χ2v) is 4.35. The van der Waals surface area contributed by atoms with Gasteiger partial charge in [0.1, 0.15) is 11.7 Å². The Bertz CT molecular complexity index is 657. The van der Waals surface area contributed by atoms with Gasteiger partial charge in [0.15, 0.2) is 0 Å². The van der Waals surface area contributed by atoms with E-state index in [0.717, 1.165) is 0 Å².